The molecule has 2 heterocycles. The van der Waals surface area contributed by atoms with Crippen molar-refractivity contribution in [1.82, 2.24) is 19.9 Å². The average Bonchev–Trinajstić information content (AvgIpc) is 3.27. The number of nitrogens with one attached hydrogen (secondary N) is 2. The minimum atomic E-state index is 0.519. The highest BCUT2D eigenvalue weighted by Gasteiger charge is 1.97. The molecular weight excluding hydrogens is 296 g/mol. The van der Waals surface area contributed by atoms with Gasteiger partial charge in [-0.1, -0.05) is 72.1 Å². The molecule has 0 fully saturated rings. The monoisotopic (exact) mass is 332 g/mol. The lowest BCUT2D eigenvalue weighted by molar-refractivity contribution is 0.562. The predicted octanol–water partition coefficient (Wildman–Crippen LogP) is 6.02. The van der Waals surface area contributed by atoms with E-state index >= 15 is 0 Å². The van der Waals surface area contributed by atoms with Gasteiger partial charge in [-0.3, -0.25) is 0 Å². The summed E-state index contributed by atoms with van der Waals surface area (Å²) >= 11 is 0. The number of hydrogen-bond acceptors (Lipinski definition) is 2. The van der Waals surface area contributed by atoms with E-state index in [4.69, 9.17) is 0 Å². The highest BCUT2D eigenvalue weighted by atomic mass is 14.9. The van der Waals surface area contributed by atoms with E-state index in [0.29, 0.717) is 5.92 Å². The van der Waals surface area contributed by atoms with Gasteiger partial charge in [0.15, 0.2) is 0 Å². The number of imidazole rings is 2. The van der Waals surface area contributed by atoms with Gasteiger partial charge in [-0.25, -0.2) is 9.97 Å². The summed E-state index contributed by atoms with van der Waals surface area (Å²) in [5.41, 5.74) is 0. The molecule has 4 nitrogen and oxygen atoms in total. The molecule has 0 amide bonds. The van der Waals surface area contributed by atoms with Gasteiger partial charge in [-0.2, -0.15) is 0 Å². The molecule has 0 atom stereocenters. The quantitative estimate of drug-likeness (QED) is 0.495. The first-order valence-corrected chi connectivity index (χ1v) is 9.71. The number of nitrogens with zero attached hydrogens (tertiary/aromatic N) is 2. The van der Waals surface area contributed by atoms with Crippen molar-refractivity contribution in [2.75, 3.05) is 0 Å². The number of aryl methyl sites for hydroxylation is 1. The molecule has 4 heteroatoms. The van der Waals surface area contributed by atoms with Gasteiger partial charge in [-0.15, -0.1) is 0 Å². The van der Waals surface area contributed by atoms with Crippen LogP contribution in [-0.4, -0.2) is 19.9 Å². The van der Waals surface area contributed by atoms with E-state index in [1.807, 2.05) is 18.6 Å². The van der Waals surface area contributed by atoms with E-state index in [0.717, 1.165) is 18.1 Å². The number of unbranched alkanes of at least 4 members (excludes halogenated alkanes) is 8. The summed E-state index contributed by atoms with van der Waals surface area (Å²) in [5, 5.41) is 0. The Balaban J connectivity index is 0.000000300. The van der Waals surface area contributed by atoms with E-state index in [1.165, 1.54) is 57.8 Å². The Kier molecular flexibility index (Phi) is 11.8. The molecule has 2 aromatic rings. The van der Waals surface area contributed by atoms with Crippen LogP contribution in [0.3, 0.4) is 0 Å². The van der Waals surface area contributed by atoms with Crippen molar-refractivity contribution >= 4 is 0 Å². The zero-order chi connectivity index (χ0) is 17.5. The smallest absolute Gasteiger partial charge is 0.108 e. The molecule has 2 aromatic heterocycles. The van der Waals surface area contributed by atoms with Crippen LogP contribution in [-0.2, 0) is 6.42 Å². The maximum absolute atomic E-state index is 4.23. The fraction of sp³-hybridized carbons (Fsp3) is 0.700. The second kappa shape index (κ2) is 13.8. The lowest BCUT2D eigenvalue weighted by Gasteiger charge is -2.01. The van der Waals surface area contributed by atoms with E-state index in [-0.39, 0.29) is 0 Å². The van der Waals surface area contributed by atoms with E-state index < -0.39 is 0 Å². The van der Waals surface area contributed by atoms with Crippen LogP contribution in [0.5, 0.6) is 0 Å². The highest BCUT2D eigenvalue weighted by molar-refractivity contribution is 4.92. The van der Waals surface area contributed by atoms with Crippen LogP contribution in [0, 0.1) is 0 Å². The Morgan fingerprint density at radius 2 is 1.38 bits per heavy atom. The van der Waals surface area contributed by atoms with Crippen molar-refractivity contribution in [1.29, 1.82) is 0 Å². The second-order valence-electron chi connectivity index (χ2n) is 6.74. The molecule has 0 bridgehead atoms. The Morgan fingerprint density at radius 3 is 1.83 bits per heavy atom. The fourth-order valence-electron chi connectivity index (χ4n) is 2.63. The third-order valence-corrected chi connectivity index (χ3v) is 4.14. The Labute approximate surface area is 147 Å². The Morgan fingerprint density at radius 1 is 0.792 bits per heavy atom. The third kappa shape index (κ3) is 10.2. The molecule has 0 aliphatic rings. The molecule has 2 rings (SSSR count). The maximum Gasteiger partial charge on any atom is 0.108 e. The molecule has 136 valence electrons. The number of H-pyrrole nitrogens is 2. The minimum absolute atomic E-state index is 0.519. The third-order valence-electron chi connectivity index (χ3n) is 4.14. The largest absolute Gasteiger partial charge is 0.349 e. The zero-order valence-corrected chi connectivity index (χ0v) is 15.9. The summed E-state index contributed by atoms with van der Waals surface area (Å²) in [6.45, 7) is 6.49. The van der Waals surface area contributed by atoms with Gasteiger partial charge in [0.05, 0.1) is 0 Å². The van der Waals surface area contributed by atoms with Crippen molar-refractivity contribution in [2.24, 2.45) is 0 Å². The van der Waals surface area contributed by atoms with Crippen molar-refractivity contribution in [3.8, 4) is 0 Å². The standard InChI is InChI=1S/C14H26N2.C6H10N2/c1-2-3-4-5-6-7-8-9-10-11-14-15-12-13-16-14;1-5(2)6-7-3-4-8-6/h12-13H,2-11H2,1H3,(H,15,16);3-5H,1-2H3,(H,7,8). The topological polar surface area (TPSA) is 57.4 Å². The molecule has 2 N–H and O–H groups in total. The maximum atomic E-state index is 4.23. The SMILES string of the molecule is CC(C)c1ncc[nH]1.CCCCCCCCCCCc1ncc[nH]1. The van der Waals surface area contributed by atoms with Gasteiger partial charge in [0.25, 0.3) is 0 Å². The molecule has 0 unspecified atom stereocenters. The first-order chi connectivity index (χ1) is 11.7. The van der Waals surface area contributed by atoms with Gasteiger partial charge >= 0.3 is 0 Å². The van der Waals surface area contributed by atoms with Crippen molar-refractivity contribution < 1.29 is 0 Å². The summed E-state index contributed by atoms with van der Waals surface area (Å²) in [4.78, 5) is 14.5. The summed E-state index contributed by atoms with van der Waals surface area (Å²) < 4.78 is 0. The van der Waals surface area contributed by atoms with Crippen LogP contribution in [0.15, 0.2) is 24.8 Å². The minimum Gasteiger partial charge on any atom is -0.349 e. The molecule has 0 aromatic carbocycles. The number of rotatable bonds is 11. The zero-order valence-electron chi connectivity index (χ0n) is 15.9. The van der Waals surface area contributed by atoms with Crippen molar-refractivity contribution in [3.05, 3.63) is 36.4 Å². The van der Waals surface area contributed by atoms with Gasteiger partial charge < -0.3 is 9.97 Å². The number of hydrogen-bond donors (Lipinski definition) is 2. The number of aromatic nitrogens is 4. The van der Waals surface area contributed by atoms with Crippen LogP contribution in [0.4, 0.5) is 0 Å². The van der Waals surface area contributed by atoms with Crippen LogP contribution in [0.25, 0.3) is 0 Å². The van der Waals surface area contributed by atoms with E-state index in [1.54, 1.807) is 6.20 Å². The lowest BCUT2D eigenvalue weighted by atomic mass is 10.1. The van der Waals surface area contributed by atoms with Crippen molar-refractivity contribution in [2.45, 2.75) is 90.9 Å². The molecule has 0 aliphatic heterocycles. The number of aromatic amines is 2. The molecule has 0 saturated heterocycles. The molecule has 0 saturated carbocycles. The Hall–Kier alpha value is -1.58. The first-order valence-electron chi connectivity index (χ1n) is 9.71. The van der Waals surface area contributed by atoms with Gasteiger partial charge in [0.2, 0.25) is 0 Å². The Bertz CT molecular complexity index is 460. The summed E-state index contributed by atoms with van der Waals surface area (Å²) in [6, 6.07) is 0. The second-order valence-corrected chi connectivity index (χ2v) is 6.74. The van der Waals surface area contributed by atoms with Crippen LogP contribution >= 0.6 is 0 Å². The molecule has 0 aliphatic carbocycles. The van der Waals surface area contributed by atoms with Gasteiger partial charge in [-0.05, 0) is 6.42 Å². The van der Waals surface area contributed by atoms with E-state index in [9.17, 15) is 0 Å². The van der Waals surface area contributed by atoms with Gasteiger partial charge in [0.1, 0.15) is 11.6 Å². The lowest BCUT2D eigenvalue weighted by Crippen LogP contribution is -1.88. The highest BCUT2D eigenvalue weighted by Crippen LogP contribution is 2.10. The fourth-order valence-corrected chi connectivity index (χ4v) is 2.63. The van der Waals surface area contributed by atoms with Crippen LogP contribution < -0.4 is 0 Å². The summed E-state index contributed by atoms with van der Waals surface area (Å²) in [7, 11) is 0. The van der Waals surface area contributed by atoms with E-state index in [2.05, 4.69) is 40.7 Å². The molecule has 0 radical (unpaired) electrons. The van der Waals surface area contributed by atoms with Crippen LogP contribution in [0.1, 0.15) is 96.1 Å². The average molecular weight is 333 g/mol. The van der Waals surface area contributed by atoms with Crippen LogP contribution in [0.2, 0.25) is 0 Å². The normalized spacial score (nSPS) is 10.7. The predicted molar refractivity (Wildman–Crippen MR) is 102 cm³/mol. The molecule has 0 spiro atoms. The molecule has 24 heavy (non-hydrogen) atoms. The van der Waals surface area contributed by atoms with Crippen molar-refractivity contribution in [3.63, 3.8) is 0 Å². The summed E-state index contributed by atoms with van der Waals surface area (Å²) in [5.74, 6) is 2.72. The first kappa shape index (κ1) is 20.5. The molecular formula is C20H36N4. The van der Waals surface area contributed by atoms with Gasteiger partial charge in [0, 0.05) is 37.1 Å². The summed E-state index contributed by atoms with van der Waals surface area (Å²) in [6.07, 6.45) is 21.0.